The molecule has 0 amide bonds. The van der Waals surface area contributed by atoms with Crippen LogP contribution in [-0.4, -0.2) is 43.4 Å². The maximum absolute atomic E-state index is 12.7. The Balaban J connectivity index is 2.01. The van der Waals surface area contributed by atoms with Gasteiger partial charge in [0.1, 0.15) is 0 Å². The third-order valence-corrected chi connectivity index (χ3v) is 7.78. The number of anilines is 1. The number of nitro benzene ring substituents is 1. The van der Waals surface area contributed by atoms with Crippen LogP contribution in [-0.2, 0) is 20.0 Å². The molecule has 31 heavy (non-hydrogen) atoms. The molecule has 0 spiro atoms. The average Bonchev–Trinajstić information content (AvgIpc) is 3.20. The number of hydrogen-bond donors (Lipinski definition) is 1. The van der Waals surface area contributed by atoms with Crippen LogP contribution in [0.1, 0.15) is 37.4 Å². The summed E-state index contributed by atoms with van der Waals surface area (Å²) in [6.45, 7) is 3.01. The SMILES string of the molecule is CCS(=O)(=O)Nc1cccc(C2=NN(S(=O)(=O)CC)C(c3cccc([N+](=O)[O-])c3)C2)c1. The van der Waals surface area contributed by atoms with Gasteiger partial charge in [-0.25, -0.2) is 16.8 Å². The average molecular weight is 467 g/mol. The van der Waals surface area contributed by atoms with Crippen molar-refractivity contribution in [2.24, 2.45) is 5.10 Å². The Morgan fingerprint density at radius 2 is 1.81 bits per heavy atom. The second kappa shape index (κ2) is 8.63. The standard InChI is InChI=1S/C19H22N4O6S2/c1-3-30(26,27)21-16-9-5-7-14(11-16)18-13-19(22(20-18)31(28,29)4-2)15-8-6-10-17(12-15)23(24)25/h5-12,19,21H,3-4,13H2,1-2H3. The van der Waals surface area contributed by atoms with E-state index in [1.165, 1.54) is 32.0 Å². The van der Waals surface area contributed by atoms with Gasteiger partial charge < -0.3 is 0 Å². The number of non-ortho nitro benzene ring substituents is 1. The quantitative estimate of drug-likeness (QED) is 0.469. The third-order valence-electron chi connectivity index (χ3n) is 4.84. The van der Waals surface area contributed by atoms with E-state index in [2.05, 4.69) is 9.82 Å². The maximum Gasteiger partial charge on any atom is 0.269 e. The topological polar surface area (TPSA) is 139 Å². The second-order valence-corrected chi connectivity index (χ2v) is 11.0. The van der Waals surface area contributed by atoms with Crippen LogP contribution in [0, 0.1) is 10.1 Å². The van der Waals surface area contributed by atoms with Gasteiger partial charge in [0, 0.05) is 24.2 Å². The van der Waals surface area contributed by atoms with Gasteiger partial charge in [-0.05, 0) is 37.1 Å². The lowest BCUT2D eigenvalue weighted by molar-refractivity contribution is -0.384. The summed E-state index contributed by atoms with van der Waals surface area (Å²) in [6.07, 6.45) is 0.185. The monoisotopic (exact) mass is 466 g/mol. The molecule has 1 aliphatic heterocycles. The molecule has 1 atom stereocenters. The fourth-order valence-corrected chi connectivity index (χ4v) is 4.86. The molecule has 1 unspecified atom stereocenters. The van der Waals surface area contributed by atoms with Crippen LogP contribution in [0.2, 0.25) is 0 Å². The number of benzene rings is 2. The van der Waals surface area contributed by atoms with Crippen LogP contribution in [0.3, 0.4) is 0 Å². The first kappa shape index (κ1) is 22.7. The Kier molecular flexibility index (Phi) is 6.32. The van der Waals surface area contributed by atoms with Crippen LogP contribution in [0.5, 0.6) is 0 Å². The van der Waals surface area contributed by atoms with E-state index in [1.54, 1.807) is 30.3 Å². The molecule has 0 radical (unpaired) electrons. The highest BCUT2D eigenvalue weighted by atomic mass is 32.2. The predicted molar refractivity (Wildman–Crippen MR) is 118 cm³/mol. The van der Waals surface area contributed by atoms with E-state index in [0.29, 0.717) is 22.5 Å². The zero-order valence-electron chi connectivity index (χ0n) is 16.9. The summed E-state index contributed by atoms with van der Waals surface area (Å²) in [6, 6.07) is 11.6. The number of nitrogens with zero attached hydrogens (tertiary/aromatic N) is 3. The Bertz CT molecular complexity index is 1240. The van der Waals surface area contributed by atoms with Crippen molar-refractivity contribution >= 4 is 37.1 Å². The molecule has 0 aromatic heterocycles. The van der Waals surface area contributed by atoms with Crippen LogP contribution in [0.25, 0.3) is 0 Å². The van der Waals surface area contributed by atoms with Gasteiger partial charge in [-0.15, -0.1) is 0 Å². The van der Waals surface area contributed by atoms with Crippen LogP contribution in [0.4, 0.5) is 11.4 Å². The van der Waals surface area contributed by atoms with Crippen LogP contribution < -0.4 is 4.72 Å². The van der Waals surface area contributed by atoms with Crippen LogP contribution in [0.15, 0.2) is 53.6 Å². The second-order valence-electron chi connectivity index (χ2n) is 6.88. The summed E-state index contributed by atoms with van der Waals surface area (Å²) in [4.78, 5) is 10.6. The highest BCUT2D eigenvalue weighted by molar-refractivity contribution is 7.92. The Hall–Kier alpha value is -2.99. The molecule has 12 heteroatoms. The summed E-state index contributed by atoms with van der Waals surface area (Å²) < 4.78 is 52.5. The smallest absolute Gasteiger partial charge is 0.269 e. The molecular weight excluding hydrogens is 444 g/mol. The van der Waals surface area contributed by atoms with Crippen molar-refractivity contribution in [1.29, 1.82) is 0 Å². The molecule has 1 aliphatic rings. The molecule has 0 saturated carbocycles. The highest BCUT2D eigenvalue weighted by Crippen LogP contribution is 2.36. The molecule has 10 nitrogen and oxygen atoms in total. The highest BCUT2D eigenvalue weighted by Gasteiger charge is 2.36. The van der Waals surface area contributed by atoms with Gasteiger partial charge in [0.05, 0.1) is 28.2 Å². The van der Waals surface area contributed by atoms with Crippen LogP contribution >= 0.6 is 0 Å². The molecule has 1 heterocycles. The lowest BCUT2D eigenvalue weighted by Crippen LogP contribution is -2.28. The minimum Gasteiger partial charge on any atom is -0.284 e. The molecule has 0 aliphatic carbocycles. The van der Waals surface area contributed by atoms with E-state index in [0.717, 1.165) is 4.41 Å². The normalized spacial score (nSPS) is 16.8. The molecule has 1 N–H and O–H groups in total. The summed E-state index contributed by atoms with van der Waals surface area (Å²) in [5.41, 5.74) is 1.64. The van der Waals surface area contributed by atoms with Crippen molar-refractivity contribution in [3.05, 3.63) is 69.8 Å². The summed E-state index contributed by atoms with van der Waals surface area (Å²) in [7, 11) is -7.23. The van der Waals surface area contributed by atoms with Crippen molar-refractivity contribution in [3.8, 4) is 0 Å². The molecule has 166 valence electrons. The van der Waals surface area contributed by atoms with E-state index < -0.39 is 31.0 Å². The van der Waals surface area contributed by atoms with E-state index in [4.69, 9.17) is 0 Å². The Morgan fingerprint density at radius 3 is 2.45 bits per heavy atom. The molecule has 2 aromatic rings. The van der Waals surface area contributed by atoms with Gasteiger partial charge in [-0.1, -0.05) is 24.3 Å². The fraction of sp³-hybridized carbons (Fsp3) is 0.316. The zero-order valence-corrected chi connectivity index (χ0v) is 18.6. The minimum atomic E-state index is -3.75. The minimum absolute atomic E-state index is 0.0877. The van der Waals surface area contributed by atoms with Gasteiger partial charge in [-0.2, -0.15) is 9.52 Å². The van der Waals surface area contributed by atoms with Gasteiger partial charge in [0.25, 0.3) is 5.69 Å². The van der Waals surface area contributed by atoms with Gasteiger partial charge >= 0.3 is 0 Å². The molecule has 2 aromatic carbocycles. The van der Waals surface area contributed by atoms with Crippen molar-refractivity contribution in [2.75, 3.05) is 16.2 Å². The molecular formula is C19H22N4O6S2. The summed E-state index contributed by atoms with van der Waals surface area (Å²) in [5.74, 6) is -0.277. The number of nitrogens with one attached hydrogen (secondary N) is 1. The lowest BCUT2D eigenvalue weighted by Gasteiger charge is -2.22. The van der Waals surface area contributed by atoms with E-state index in [1.807, 2.05) is 0 Å². The molecule has 0 fully saturated rings. The Labute approximate surface area is 180 Å². The van der Waals surface area contributed by atoms with E-state index >= 15 is 0 Å². The Morgan fingerprint density at radius 1 is 1.10 bits per heavy atom. The first-order valence-electron chi connectivity index (χ1n) is 9.51. The summed E-state index contributed by atoms with van der Waals surface area (Å²) in [5, 5.41) is 15.5. The molecule has 0 bridgehead atoms. The zero-order chi connectivity index (χ0) is 22.8. The largest absolute Gasteiger partial charge is 0.284 e. The van der Waals surface area contributed by atoms with Gasteiger partial charge in [0.15, 0.2) is 0 Å². The number of hydrogen-bond acceptors (Lipinski definition) is 7. The van der Waals surface area contributed by atoms with Gasteiger partial charge in [-0.3, -0.25) is 14.8 Å². The van der Waals surface area contributed by atoms with Gasteiger partial charge in [0.2, 0.25) is 20.0 Å². The van der Waals surface area contributed by atoms with Crippen molar-refractivity contribution in [2.45, 2.75) is 26.3 Å². The van der Waals surface area contributed by atoms with E-state index in [-0.39, 0.29) is 23.6 Å². The maximum atomic E-state index is 12.7. The fourth-order valence-electron chi connectivity index (χ4n) is 3.16. The van der Waals surface area contributed by atoms with Crippen molar-refractivity contribution in [1.82, 2.24) is 4.41 Å². The number of rotatable bonds is 8. The molecule has 3 rings (SSSR count). The summed E-state index contributed by atoms with van der Waals surface area (Å²) >= 11 is 0. The van der Waals surface area contributed by atoms with Crippen molar-refractivity contribution < 1.29 is 21.8 Å². The third kappa shape index (κ3) is 5.02. The van der Waals surface area contributed by atoms with E-state index in [9.17, 15) is 26.9 Å². The number of hydrazone groups is 1. The number of sulfonamides is 2. The number of nitro groups is 1. The first-order valence-corrected chi connectivity index (χ1v) is 12.8. The predicted octanol–water partition coefficient (Wildman–Crippen LogP) is 2.86. The first-order chi connectivity index (χ1) is 14.6. The van der Waals surface area contributed by atoms with Crippen molar-refractivity contribution in [3.63, 3.8) is 0 Å². The lowest BCUT2D eigenvalue weighted by atomic mass is 9.98. The molecule has 0 saturated heterocycles.